The van der Waals surface area contributed by atoms with Gasteiger partial charge < -0.3 is 15.4 Å². The lowest BCUT2D eigenvalue weighted by Crippen LogP contribution is -2.40. The summed E-state index contributed by atoms with van der Waals surface area (Å²) >= 11 is 0. The Morgan fingerprint density at radius 3 is 2.37 bits per heavy atom. The van der Waals surface area contributed by atoms with E-state index in [1.807, 2.05) is 0 Å². The summed E-state index contributed by atoms with van der Waals surface area (Å²) in [4.78, 5) is 36.0. The maximum atomic E-state index is 12.7. The molecule has 0 aromatic carbocycles. The van der Waals surface area contributed by atoms with Crippen molar-refractivity contribution < 1.29 is 19.1 Å². The largest absolute Gasteiger partial charge is 0.444 e. The van der Waals surface area contributed by atoms with Crippen molar-refractivity contribution in [3.05, 3.63) is 0 Å². The van der Waals surface area contributed by atoms with Crippen LogP contribution in [-0.4, -0.2) is 36.5 Å². The molecule has 0 bridgehead atoms. The van der Waals surface area contributed by atoms with E-state index in [0.717, 1.165) is 12.8 Å². The van der Waals surface area contributed by atoms with E-state index in [-0.39, 0.29) is 18.4 Å². The molecule has 6 nitrogen and oxygen atoms in total. The molecule has 0 aromatic rings. The van der Waals surface area contributed by atoms with Gasteiger partial charge in [0.1, 0.15) is 11.4 Å². The predicted octanol–water partition coefficient (Wildman–Crippen LogP) is 3.69. The second-order valence-electron chi connectivity index (χ2n) is 9.21. The summed E-state index contributed by atoms with van der Waals surface area (Å²) in [6.07, 6.45) is 3.87. The standard InChI is InChI=1S/C21H38N2O4/c1-14(2)16-10-9-15(3)12-17(16)18(24)8-7-11-22-19(25)13-23-20(26)27-21(4,5)6/h14-17H,7-13H2,1-6H3,(H,22,25)(H,23,26)/t15-,16+,17-/m1/s1. The Morgan fingerprint density at radius 1 is 1.11 bits per heavy atom. The third kappa shape index (κ3) is 9.25. The molecule has 3 atom stereocenters. The van der Waals surface area contributed by atoms with Crippen LogP contribution in [0.1, 0.15) is 73.6 Å². The highest BCUT2D eigenvalue weighted by molar-refractivity contribution is 5.83. The van der Waals surface area contributed by atoms with Gasteiger partial charge in [-0.25, -0.2) is 4.79 Å². The van der Waals surface area contributed by atoms with Gasteiger partial charge in [0.25, 0.3) is 0 Å². The molecule has 1 aliphatic carbocycles. The van der Waals surface area contributed by atoms with Gasteiger partial charge in [-0.05, 0) is 57.8 Å². The first-order valence-corrected chi connectivity index (χ1v) is 10.3. The van der Waals surface area contributed by atoms with Crippen LogP contribution < -0.4 is 10.6 Å². The van der Waals surface area contributed by atoms with Gasteiger partial charge in [-0.3, -0.25) is 9.59 Å². The molecule has 1 rings (SSSR count). The molecule has 0 spiro atoms. The van der Waals surface area contributed by atoms with E-state index < -0.39 is 11.7 Å². The molecule has 156 valence electrons. The third-order valence-corrected chi connectivity index (χ3v) is 5.15. The minimum absolute atomic E-state index is 0.127. The average molecular weight is 383 g/mol. The molecule has 1 fully saturated rings. The lowest BCUT2D eigenvalue weighted by molar-refractivity contribution is -0.127. The van der Waals surface area contributed by atoms with Crippen molar-refractivity contribution in [2.24, 2.45) is 23.7 Å². The zero-order valence-corrected chi connectivity index (χ0v) is 17.9. The van der Waals surface area contributed by atoms with Crippen molar-refractivity contribution in [3.8, 4) is 0 Å². The van der Waals surface area contributed by atoms with Gasteiger partial charge in [0.05, 0.1) is 6.54 Å². The molecule has 2 N–H and O–H groups in total. The first-order chi connectivity index (χ1) is 12.5. The van der Waals surface area contributed by atoms with Crippen molar-refractivity contribution in [3.63, 3.8) is 0 Å². The van der Waals surface area contributed by atoms with Gasteiger partial charge in [0.2, 0.25) is 5.91 Å². The van der Waals surface area contributed by atoms with Crippen LogP contribution in [0.4, 0.5) is 4.79 Å². The number of Topliss-reactive ketones (excluding diaryl/α,β-unsaturated/α-hetero) is 1. The summed E-state index contributed by atoms with van der Waals surface area (Å²) in [6, 6.07) is 0. The molecule has 1 aliphatic rings. The normalized spacial score (nSPS) is 23.0. The molecule has 0 heterocycles. The molecule has 0 unspecified atom stereocenters. The highest BCUT2D eigenvalue weighted by Gasteiger charge is 2.34. The lowest BCUT2D eigenvalue weighted by Gasteiger charge is -2.36. The second kappa shape index (κ2) is 10.7. The minimum atomic E-state index is -0.612. The number of amides is 2. The molecular weight excluding hydrogens is 344 g/mol. The summed E-state index contributed by atoms with van der Waals surface area (Å²) < 4.78 is 5.08. The van der Waals surface area contributed by atoms with E-state index >= 15 is 0 Å². The van der Waals surface area contributed by atoms with Crippen LogP contribution in [0, 0.1) is 23.7 Å². The zero-order valence-electron chi connectivity index (χ0n) is 17.9. The first-order valence-electron chi connectivity index (χ1n) is 10.3. The summed E-state index contributed by atoms with van der Waals surface area (Å²) in [5.74, 6) is 1.86. The molecule has 0 aromatic heterocycles. The number of hydrogen-bond acceptors (Lipinski definition) is 4. The van der Waals surface area contributed by atoms with E-state index in [0.29, 0.717) is 42.9 Å². The molecule has 27 heavy (non-hydrogen) atoms. The maximum absolute atomic E-state index is 12.7. The van der Waals surface area contributed by atoms with E-state index in [1.165, 1.54) is 6.42 Å². The van der Waals surface area contributed by atoms with E-state index in [9.17, 15) is 14.4 Å². The molecule has 6 heteroatoms. The van der Waals surface area contributed by atoms with E-state index in [1.54, 1.807) is 20.8 Å². The van der Waals surface area contributed by atoms with Crippen LogP contribution in [0.2, 0.25) is 0 Å². The van der Waals surface area contributed by atoms with Gasteiger partial charge in [0.15, 0.2) is 0 Å². The number of alkyl carbamates (subject to hydrolysis) is 1. The average Bonchev–Trinajstić information content (AvgIpc) is 2.54. The van der Waals surface area contributed by atoms with Gasteiger partial charge >= 0.3 is 6.09 Å². The number of nitrogens with one attached hydrogen (secondary N) is 2. The lowest BCUT2D eigenvalue weighted by atomic mass is 9.68. The second-order valence-corrected chi connectivity index (χ2v) is 9.21. The van der Waals surface area contributed by atoms with Crippen LogP contribution in [-0.2, 0) is 14.3 Å². The molecule has 0 radical (unpaired) electrons. The van der Waals surface area contributed by atoms with Gasteiger partial charge in [-0.2, -0.15) is 0 Å². The van der Waals surface area contributed by atoms with Crippen LogP contribution in [0.3, 0.4) is 0 Å². The Kier molecular flexibility index (Phi) is 9.27. The van der Waals surface area contributed by atoms with E-state index in [4.69, 9.17) is 4.74 Å². The number of ketones is 1. The molecular formula is C21H38N2O4. The fraction of sp³-hybridized carbons (Fsp3) is 0.857. The molecule has 2 amide bonds. The first kappa shape index (κ1) is 23.4. The minimum Gasteiger partial charge on any atom is -0.444 e. The number of hydrogen-bond donors (Lipinski definition) is 2. The molecule has 1 saturated carbocycles. The summed E-state index contributed by atoms with van der Waals surface area (Å²) in [7, 11) is 0. The SMILES string of the molecule is CC(C)[C@@H]1CC[C@@H](C)C[C@H]1C(=O)CCCNC(=O)CNC(=O)OC(C)(C)C. The monoisotopic (exact) mass is 382 g/mol. The zero-order chi connectivity index (χ0) is 20.6. The van der Waals surface area contributed by atoms with Crippen LogP contribution in [0.25, 0.3) is 0 Å². The number of rotatable bonds is 8. The number of carbonyl (C=O) groups excluding carboxylic acids is 3. The Labute approximate surface area is 164 Å². The smallest absolute Gasteiger partial charge is 0.408 e. The Balaban J connectivity index is 2.27. The fourth-order valence-electron chi connectivity index (χ4n) is 3.78. The van der Waals surface area contributed by atoms with E-state index in [2.05, 4.69) is 31.4 Å². The van der Waals surface area contributed by atoms with Crippen LogP contribution >= 0.6 is 0 Å². The molecule has 0 aliphatic heterocycles. The highest BCUT2D eigenvalue weighted by atomic mass is 16.6. The Hall–Kier alpha value is -1.59. The number of ether oxygens (including phenoxy) is 1. The van der Waals surface area contributed by atoms with Gasteiger partial charge in [-0.1, -0.05) is 27.2 Å². The van der Waals surface area contributed by atoms with Gasteiger partial charge in [0, 0.05) is 18.9 Å². The van der Waals surface area contributed by atoms with Gasteiger partial charge in [-0.15, -0.1) is 0 Å². The summed E-state index contributed by atoms with van der Waals surface area (Å²) in [5, 5.41) is 5.16. The van der Waals surface area contributed by atoms with Crippen molar-refractivity contribution in [1.82, 2.24) is 10.6 Å². The Bertz CT molecular complexity index is 511. The summed E-state index contributed by atoms with van der Waals surface area (Å²) in [5.41, 5.74) is -0.592. The van der Waals surface area contributed by atoms with Crippen LogP contribution in [0.15, 0.2) is 0 Å². The van der Waals surface area contributed by atoms with Crippen molar-refractivity contribution in [2.45, 2.75) is 79.2 Å². The number of carbonyl (C=O) groups is 3. The quantitative estimate of drug-likeness (QED) is 0.627. The Morgan fingerprint density at radius 2 is 1.78 bits per heavy atom. The van der Waals surface area contributed by atoms with Crippen molar-refractivity contribution in [1.29, 1.82) is 0 Å². The van der Waals surface area contributed by atoms with Crippen LogP contribution in [0.5, 0.6) is 0 Å². The van der Waals surface area contributed by atoms with Crippen molar-refractivity contribution in [2.75, 3.05) is 13.1 Å². The maximum Gasteiger partial charge on any atom is 0.408 e. The molecule has 0 saturated heterocycles. The third-order valence-electron chi connectivity index (χ3n) is 5.15. The highest BCUT2D eigenvalue weighted by Crippen LogP contribution is 2.39. The van der Waals surface area contributed by atoms with Crippen molar-refractivity contribution >= 4 is 17.8 Å². The topological polar surface area (TPSA) is 84.5 Å². The summed E-state index contributed by atoms with van der Waals surface area (Å²) in [6.45, 7) is 12.3. The fourth-order valence-corrected chi connectivity index (χ4v) is 3.78. The predicted molar refractivity (Wildman–Crippen MR) is 106 cm³/mol.